The summed E-state index contributed by atoms with van der Waals surface area (Å²) >= 11 is 0. The van der Waals surface area contributed by atoms with E-state index in [0.29, 0.717) is 5.56 Å². The monoisotopic (exact) mass is 201 g/mol. The van der Waals surface area contributed by atoms with Crippen molar-refractivity contribution in [3.05, 3.63) is 42.4 Å². The van der Waals surface area contributed by atoms with Crippen LogP contribution in [0.2, 0.25) is 0 Å². The molecule has 1 heterocycles. The molecule has 0 aliphatic rings. The molecule has 1 aromatic heterocycles. The first-order chi connectivity index (χ1) is 7.20. The first-order valence-electron chi connectivity index (χ1n) is 4.55. The molecule has 0 unspecified atom stereocenters. The number of hydrogen-bond donors (Lipinski definition) is 1. The highest BCUT2D eigenvalue weighted by molar-refractivity contribution is 5.99. The SMILES string of the molecule is Cn1cncc1-c1ccccc1C(N)=O. The average molecular weight is 201 g/mol. The van der Waals surface area contributed by atoms with E-state index < -0.39 is 5.91 Å². The van der Waals surface area contributed by atoms with Gasteiger partial charge in [0.2, 0.25) is 5.91 Å². The minimum Gasteiger partial charge on any atom is -0.366 e. The maximum Gasteiger partial charge on any atom is 0.249 e. The van der Waals surface area contributed by atoms with Crippen LogP contribution in [-0.4, -0.2) is 15.5 Å². The Bertz CT molecular complexity index is 502. The zero-order valence-corrected chi connectivity index (χ0v) is 8.34. The van der Waals surface area contributed by atoms with Gasteiger partial charge < -0.3 is 10.3 Å². The number of nitrogens with two attached hydrogens (primary N) is 1. The molecule has 2 rings (SSSR count). The first kappa shape index (κ1) is 9.45. The molecular weight excluding hydrogens is 190 g/mol. The summed E-state index contributed by atoms with van der Waals surface area (Å²) in [6.45, 7) is 0. The largest absolute Gasteiger partial charge is 0.366 e. The van der Waals surface area contributed by atoms with Gasteiger partial charge in [-0.25, -0.2) is 4.98 Å². The molecule has 2 N–H and O–H groups in total. The minimum absolute atomic E-state index is 0.424. The Labute approximate surface area is 87.4 Å². The Kier molecular flexibility index (Phi) is 2.25. The van der Waals surface area contributed by atoms with E-state index >= 15 is 0 Å². The van der Waals surface area contributed by atoms with Gasteiger partial charge in [0.25, 0.3) is 0 Å². The maximum absolute atomic E-state index is 11.2. The van der Waals surface area contributed by atoms with Crippen molar-refractivity contribution in [2.75, 3.05) is 0 Å². The van der Waals surface area contributed by atoms with Crippen molar-refractivity contribution >= 4 is 5.91 Å². The van der Waals surface area contributed by atoms with Gasteiger partial charge in [0.15, 0.2) is 0 Å². The highest BCUT2D eigenvalue weighted by atomic mass is 16.1. The molecule has 1 aromatic carbocycles. The van der Waals surface area contributed by atoms with Crippen LogP contribution in [0.25, 0.3) is 11.3 Å². The second-order valence-electron chi connectivity index (χ2n) is 3.30. The van der Waals surface area contributed by atoms with Crippen LogP contribution in [0, 0.1) is 0 Å². The molecule has 1 amide bonds. The smallest absolute Gasteiger partial charge is 0.249 e. The summed E-state index contributed by atoms with van der Waals surface area (Å²) in [6.07, 6.45) is 3.40. The van der Waals surface area contributed by atoms with Gasteiger partial charge in [-0.3, -0.25) is 4.79 Å². The van der Waals surface area contributed by atoms with Crippen molar-refractivity contribution in [2.45, 2.75) is 0 Å². The van der Waals surface area contributed by atoms with Crippen LogP contribution < -0.4 is 5.73 Å². The number of imidazole rings is 1. The molecule has 2 aromatic rings. The maximum atomic E-state index is 11.2. The molecule has 0 bridgehead atoms. The fourth-order valence-corrected chi connectivity index (χ4v) is 1.54. The van der Waals surface area contributed by atoms with Crippen molar-refractivity contribution in [3.63, 3.8) is 0 Å². The van der Waals surface area contributed by atoms with Gasteiger partial charge in [-0.1, -0.05) is 18.2 Å². The van der Waals surface area contributed by atoms with Crippen LogP contribution in [-0.2, 0) is 7.05 Å². The van der Waals surface area contributed by atoms with E-state index in [1.165, 1.54) is 0 Å². The lowest BCUT2D eigenvalue weighted by atomic mass is 10.0. The van der Waals surface area contributed by atoms with Gasteiger partial charge in [0, 0.05) is 18.2 Å². The third-order valence-corrected chi connectivity index (χ3v) is 2.29. The minimum atomic E-state index is -0.424. The fraction of sp³-hybridized carbons (Fsp3) is 0.0909. The number of carbonyl (C=O) groups is 1. The Hall–Kier alpha value is -2.10. The number of aromatic nitrogens is 2. The standard InChI is InChI=1S/C11H11N3O/c1-14-7-13-6-10(14)8-4-2-3-5-9(8)11(12)15/h2-7H,1H3,(H2,12,15). The third kappa shape index (κ3) is 1.61. The highest BCUT2D eigenvalue weighted by Crippen LogP contribution is 2.22. The lowest BCUT2D eigenvalue weighted by Crippen LogP contribution is -2.12. The summed E-state index contributed by atoms with van der Waals surface area (Å²) in [5.41, 5.74) is 7.51. The number of carbonyl (C=O) groups excluding carboxylic acids is 1. The van der Waals surface area contributed by atoms with Crippen molar-refractivity contribution in [1.29, 1.82) is 0 Å². The van der Waals surface area contributed by atoms with Crippen molar-refractivity contribution < 1.29 is 4.79 Å². The van der Waals surface area contributed by atoms with Gasteiger partial charge in [0.05, 0.1) is 18.2 Å². The van der Waals surface area contributed by atoms with Crippen LogP contribution in [0.5, 0.6) is 0 Å². The molecule has 0 aliphatic heterocycles. The number of benzene rings is 1. The topological polar surface area (TPSA) is 60.9 Å². The second-order valence-corrected chi connectivity index (χ2v) is 3.30. The molecule has 15 heavy (non-hydrogen) atoms. The molecule has 76 valence electrons. The highest BCUT2D eigenvalue weighted by Gasteiger charge is 2.11. The Morgan fingerprint density at radius 3 is 2.73 bits per heavy atom. The van der Waals surface area contributed by atoms with Gasteiger partial charge in [-0.2, -0.15) is 0 Å². The van der Waals surface area contributed by atoms with E-state index in [1.807, 2.05) is 23.7 Å². The Morgan fingerprint density at radius 2 is 2.13 bits per heavy atom. The van der Waals surface area contributed by atoms with Crippen molar-refractivity contribution in [3.8, 4) is 11.3 Å². The molecule has 0 saturated heterocycles. The predicted molar refractivity (Wildman–Crippen MR) is 57.2 cm³/mol. The van der Waals surface area contributed by atoms with Gasteiger partial charge in [-0.05, 0) is 6.07 Å². The van der Waals surface area contributed by atoms with Crippen LogP contribution in [0.1, 0.15) is 10.4 Å². The molecule has 0 spiro atoms. The lowest BCUT2D eigenvalue weighted by Gasteiger charge is -2.06. The summed E-state index contributed by atoms with van der Waals surface area (Å²) in [6, 6.07) is 7.23. The normalized spacial score (nSPS) is 10.2. The summed E-state index contributed by atoms with van der Waals surface area (Å²) in [5.74, 6) is -0.424. The van der Waals surface area contributed by atoms with Gasteiger partial charge >= 0.3 is 0 Å². The Balaban J connectivity index is 2.63. The summed E-state index contributed by atoms with van der Waals surface area (Å²) in [5, 5.41) is 0. The zero-order valence-electron chi connectivity index (χ0n) is 8.34. The molecule has 4 nitrogen and oxygen atoms in total. The number of nitrogens with zero attached hydrogens (tertiary/aromatic N) is 2. The van der Waals surface area contributed by atoms with Gasteiger partial charge in [-0.15, -0.1) is 0 Å². The van der Waals surface area contributed by atoms with Crippen LogP contribution in [0.3, 0.4) is 0 Å². The van der Waals surface area contributed by atoms with E-state index in [9.17, 15) is 4.79 Å². The lowest BCUT2D eigenvalue weighted by molar-refractivity contribution is 0.100. The predicted octanol–water partition coefficient (Wildman–Crippen LogP) is 1.19. The molecule has 0 atom stereocenters. The fourth-order valence-electron chi connectivity index (χ4n) is 1.54. The number of primary amides is 1. The molecule has 4 heteroatoms. The second kappa shape index (κ2) is 3.57. The van der Waals surface area contributed by atoms with Gasteiger partial charge in [0.1, 0.15) is 0 Å². The Morgan fingerprint density at radius 1 is 1.40 bits per heavy atom. The van der Waals surface area contributed by atoms with E-state index in [2.05, 4.69) is 4.98 Å². The first-order valence-corrected chi connectivity index (χ1v) is 4.55. The summed E-state index contributed by atoms with van der Waals surface area (Å²) in [7, 11) is 1.88. The van der Waals surface area contributed by atoms with E-state index in [4.69, 9.17) is 5.73 Å². The average Bonchev–Trinajstić information content (AvgIpc) is 2.64. The number of aryl methyl sites for hydroxylation is 1. The van der Waals surface area contributed by atoms with E-state index in [-0.39, 0.29) is 0 Å². The van der Waals surface area contributed by atoms with Crippen molar-refractivity contribution in [1.82, 2.24) is 9.55 Å². The van der Waals surface area contributed by atoms with Crippen LogP contribution in [0.4, 0.5) is 0 Å². The third-order valence-electron chi connectivity index (χ3n) is 2.29. The molecule has 0 radical (unpaired) electrons. The van der Waals surface area contributed by atoms with Crippen LogP contribution >= 0.6 is 0 Å². The van der Waals surface area contributed by atoms with E-state index in [1.54, 1.807) is 24.7 Å². The molecular formula is C11H11N3O. The zero-order chi connectivity index (χ0) is 10.8. The quantitative estimate of drug-likeness (QED) is 0.793. The van der Waals surface area contributed by atoms with Crippen LogP contribution in [0.15, 0.2) is 36.8 Å². The number of rotatable bonds is 2. The van der Waals surface area contributed by atoms with E-state index in [0.717, 1.165) is 11.3 Å². The molecule has 0 fully saturated rings. The summed E-state index contributed by atoms with van der Waals surface area (Å²) < 4.78 is 1.85. The number of amides is 1. The number of hydrogen-bond acceptors (Lipinski definition) is 2. The van der Waals surface area contributed by atoms with Crippen molar-refractivity contribution in [2.24, 2.45) is 12.8 Å². The molecule has 0 saturated carbocycles. The summed E-state index contributed by atoms with van der Waals surface area (Å²) in [4.78, 5) is 15.2. The molecule has 0 aliphatic carbocycles.